The third-order valence-corrected chi connectivity index (χ3v) is 3.12. The Morgan fingerprint density at radius 1 is 1.27 bits per heavy atom. The van der Waals surface area contributed by atoms with Gasteiger partial charge in [-0.25, -0.2) is 4.39 Å². The van der Waals surface area contributed by atoms with Crippen LogP contribution >= 0.6 is 0 Å². The van der Waals surface area contributed by atoms with Gasteiger partial charge in [0.05, 0.1) is 0 Å². The second kappa shape index (κ2) is 5.26. The summed E-state index contributed by atoms with van der Waals surface area (Å²) >= 11 is 0. The van der Waals surface area contributed by atoms with E-state index in [2.05, 4.69) is 31.7 Å². The number of nitrogens with zero attached hydrogens (tertiary/aromatic N) is 1. The molecule has 0 aromatic carbocycles. The number of likely N-dealkylation sites (tertiary alicyclic amines) is 1. The van der Waals surface area contributed by atoms with Crippen LogP contribution in [0.4, 0.5) is 4.39 Å². The number of allylic oxidation sites excluding steroid dienone is 3. The lowest BCUT2D eigenvalue weighted by atomic mass is 9.87. The lowest BCUT2D eigenvalue weighted by Crippen LogP contribution is -2.30. The van der Waals surface area contributed by atoms with Gasteiger partial charge in [-0.05, 0) is 50.9 Å². The Labute approximate surface area is 92.0 Å². The van der Waals surface area contributed by atoms with Gasteiger partial charge in [-0.2, -0.15) is 0 Å². The van der Waals surface area contributed by atoms with Crippen molar-refractivity contribution in [2.75, 3.05) is 20.1 Å². The van der Waals surface area contributed by atoms with Gasteiger partial charge in [-0.15, -0.1) is 0 Å². The normalized spacial score (nSPS) is 18.8. The molecule has 0 saturated carbocycles. The van der Waals surface area contributed by atoms with E-state index in [0.717, 1.165) is 31.5 Å². The van der Waals surface area contributed by atoms with E-state index in [9.17, 15) is 4.39 Å². The first kappa shape index (κ1) is 12.2. The lowest BCUT2D eigenvalue weighted by Gasteiger charge is -2.30. The summed E-state index contributed by atoms with van der Waals surface area (Å²) in [6.07, 6.45) is 2.81. The molecular weight excluding hydrogens is 189 g/mol. The Bertz CT molecular complexity index is 272. The fraction of sp³-hybridized carbons (Fsp3) is 0.538. The minimum atomic E-state index is -0.413. The van der Waals surface area contributed by atoms with Crippen molar-refractivity contribution in [1.82, 2.24) is 4.90 Å². The summed E-state index contributed by atoms with van der Waals surface area (Å²) in [5, 5.41) is 0. The van der Waals surface area contributed by atoms with Crippen molar-refractivity contribution in [2.24, 2.45) is 5.92 Å². The van der Waals surface area contributed by atoms with E-state index in [4.69, 9.17) is 0 Å². The van der Waals surface area contributed by atoms with E-state index >= 15 is 0 Å². The van der Waals surface area contributed by atoms with Crippen LogP contribution < -0.4 is 0 Å². The Morgan fingerprint density at radius 2 is 1.80 bits per heavy atom. The molecule has 84 valence electrons. The molecule has 1 aliphatic heterocycles. The molecule has 1 rings (SSSR count). The van der Waals surface area contributed by atoms with Crippen molar-refractivity contribution < 1.29 is 4.39 Å². The Kier molecular flexibility index (Phi) is 4.28. The summed E-state index contributed by atoms with van der Waals surface area (Å²) in [5.41, 5.74) is 1.57. The zero-order chi connectivity index (χ0) is 11.4. The molecule has 2 heteroatoms. The van der Waals surface area contributed by atoms with Gasteiger partial charge < -0.3 is 4.90 Å². The summed E-state index contributed by atoms with van der Waals surface area (Å²) in [5.74, 6) is 0.112. The van der Waals surface area contributed by atoms with Crippen LogP contribution in [0, 0.1) is 5.92 Å². The summed E-state index contributed by atoms with van der Waals surface area (Å²) in [6, 6.07) is 0. The van der Waals surface area contributed by atoms with Gasteiger partial charge in [0.15, 0.2) is 0 Å². The fourth-order valence-electron chi connectivity index (χ4n) is 1.93. The maximum atomic E-state index is 12.7. The average molecular weight is 209 g/mol. The molecule has 0 unspecified atom stereocenters. The molecule has 0 bridgehead atoms. The molecule has 1 aliphatic rings. The standard InChI is InChI=1S/C13H20FN/c1-10(12(3)14)9-11(2)13-5-7-15(4)8-6-13/h13H,1-3,5-9H2,4H3. The number of hydrogen-bond acceptors (Lipinski definition) is 1. The van der Waals surface area contributed by atoms with E-state index in [1.165, 1.54) is 0 Å². The highest BCUT2D eigenvalue weighted by molar-refractivity contribution is 5.25. The van der Waals surface area contributed by atoms with Gasteiger partial charge in [0.25, 0.3) is 0 Å². The second-order valence-electron chi connectivity index (χ2n) is 4.42. The zero-order valence-electron chi connectivity index (χ0n) is 9.56. The van der Waals surface area contributed by atoms with E-state index in [-0.39, 0.29) is 0 Å². The van der Waals surface area contributed by atoms with Gasteiger partial charge in [0, 0.05) is 0 Å². The fourth-order valence-corrected chi connectivity index (χ4v) is 1.93. The first-order valence-corrected chi connectivity index (χ1v) is 5.39. The molecule has 15 heavy (non-hydrogen) atoms. The van der Waals surface area contributed by atoms with E-state index in [1.807, 2.05) is 0 Å². The van der Waals surface area contributed by atoms with Crippen molar-refractivity contribution in [3.63, 3.8) is 0 Å². The van der Waals surface area contributed by atoms with Crippen LogP contribution in [0.3, 0.4) is 0 Å². The van der Waals surface area contributed by atoms with Crippen LogP contribution in [-0.2, 0) is 0 Å². The van der Waals surface area contributed by atoms with Crippen LogP contribution in [0.1, 0.15) is 19.3 Å². The van der Waals surface area contributed by atoms with Gasteiger partial charge in [0.1, 0.15) is 5.83 Å². The monoisotopic (exact) mass is 209 g/mol. The Balaban J connectivity index is 2.41. The first-order chi connectivity index (χ1) is 7.00. The summed E-state index contributed by atoms with van der Waals surface area (Å²) in [4.78, 5) is 2.31. The average Bonchev–Trinajstić information content (AvgIpc) is 2.18. The van der Waals surface area contributed by atoms with Gasteiger partial charge in [0.2, 0.25) is 0 Å². The van der Waals surface area contributed by atoms with E-state index < -0.39 is 5.83 Å². The molecular formula is C13H20FN. The Hall–Kier alpha value is -0.890. The zero-order valence-corrected chi connectivity index (χ0v) is 9.56. The van der Waals surface area contributed by atoms with Crippen LogP contribution in [0.15, 0.2) is 36.7 Å². The van der Waals surface area contributed by atoms with Crippen LogP contribution in [0.2, 0.25) is 0 Å². The van der Waals surface area contributed by atoms with Crippen molar-refractivity contribution >= 4 is 0 Å². The molecule has 0 spiro atoms. The van der Waals surface area contributed by atoms with Gasteiger partial charge in [-0.1, -0.05) is 25.3 Å². The maximum Gasteiger partial charge on any atom is 0.118 e. The minimum absolute atomic E-state index is 0.413. The molecule has 0 aromatic heterocycles. The molecule has 1 saturated heterocycles. The molecule has 0 aromatic rings. The minimum Gasteiger partial charge on any atom is -0.306 e. The molecule has 1 nitrogen and oxygen atoms in total. The summed E-state index contributed by atoms with van der Waals surface area (Å²) in [6.45, 7) is 13.2. The molecule has 1 heterocycles. The predicted molar refractivity (Wildman–Crippen MR) is 63.4 cm³/mol. The third-order valence-electron chi connectivity index (χ3n) is 3.12. The number of rotatable bonds is 4. The van der Waals surface area contributed by atoms with E-state index in [1.54, 1.807) is 0 Å². The Morgan fingerprint density at radius 3 is 2.27 bits per heavy atom. The highest BCUT2D eigenvalue weighted by atomic mass is 19.1. The maximum absolute atomic E-state index is 12.7. The van der Waals surface area contributed by atoms with Crippen LogP contribution in [0.5, 0.6) is 0 Å². The smallest absolute Gasteiger partial charge is 0.118 e. The SMILES string of the molecule is C=C(F)C(=C)CC(=C)C1CCN(C)CC1. The van der Waals surface area contributed by atoms with Gasteiger partial charge in [-0.3, -0.25) is 0 Å². The van der Waals surface area contributed by atoms with Crippen LogP contribution in [-0.4, -0.2) is 25.0 Å². The molecule has 0 aliphatic carbocycles. The van der Waals surface area contributed by atoms with Crippen molar-refractivity contribution in [1.29, 1.82) is 0 Å². The molecule has 0 N–H and O–H groups in total. The number of hydrogen-bond donors (Lipinski definition) is 0. The number of halogens is 1. The van der Waals surface area contributed by atoms with Crippen molar-refractivity contribution in [3.05, 3.63) is 36.7 Å². The highest BCUT2D eigenvalue weighted by Gasteiger charge is 2.19. The third kappa shape index (κ3) is 3.63. The molecule has 0 atom stereocenters. The largest absolute Gasteiger partial charge is 0.306 e. The molecule has 1 fully saturated rings. The predicted octanol–water partition coefficient (Wildman–Crippen LogP) is 3.31. The van der Waals surface area contributed by atoms with Crippen molar-refractivity contribution in [2.45, 2.75) is 19.3 Å². The molecule has 0 radical (unpaired) electrons. The first-order valence-electron chi connectivity index (χ1n) is 5.39. The van der Waals surface area contributed by atoms with Crippen molar-refractivity contribution in [3.8, 4) is 0 Å². The topological polar surface area (TPSA) is 3.24 Å². The highest BCUT2D eigenvalue weighted by Crippen LogP contribution is 2.28. The number of piperidine rings is 1. The molecule has 0 amide bonds. The summed E-state index contributed by atoms with van der Waals surface area (Å²) < 4.78 is 12.7. The second-order valence-corrected chi connectivity index (χ2v) is 4.42. The van der Waals surface area contributed by atoms with Crippen LogP contribution in [0.25, 0.3) is 0 Å². The van der Waals surface area contributed by atoms with Gasteiger partial charge >= 0.3 is 0 Å². The quantitative estimate of drug-likeness (QED) is 0.507. The van der Waals surface area contributed by atoms with E-state index in [0.29, 0.717) is 17.9 Å². The lowest BCUT2D eigenvalue weighted by molar-refractivity contribution is 0.237. The summed E-state index contributed by atoms with van der Waals surface area (Å²) in [7, 11) is 2.13.